The first-order valence-electron chi connectivity index (χ1n) is 5.12. The molecule has 2 unspecified atom stereocenters. The van der Waals surface area contributed by atoms with Crippen LogP contribution in [-0.4, -0.2) is 4.51 Å². The van der Waals surface area contributed by atoms with Crippen LogP contribution in [0.5, 0.6) is 0 Å². The first-order chi connectivity index (χ1) is 8.86. The van der Waals surface area contributed by atoms with Crippen LogP contribution >= 0.6 is 95.6 Å². The summed E-state index contributed by atoms with van der Waals surface area (Å²) in [6.07, 6.45) is 0. The highest BCUT2D eigenvalue weighted by Crippen LogP contribution is 2.74. The van der Waals surface area contributed by atoms with E-state index in [0.717, 1.165) is 28.0 Å². The van der Waals surface area contributed by atoms with Crippen LogP contribution in [0.25, 0.3) is 0 Å². The van der Waals surface area contributed by atoms with E-state index in [1.807, 2.05) is 24.3 Å². The van der Waals surface area contributed by atoms with Crippen molar-refractivity contribution in [2.45, 2.75) is 10.1 Å². The summed E-state index contributed by atoms with van der Waals surface area (Å²) in [5.41, 5.74) is 0.495. The minimum absolute atomic E-state index is 0.567. The van der Waals surface area contributed by atoms with Crippen LogP contribution in [0.1, 0.15) is 5.56 Å². The van der Waals surface area contributed by atoms with E-state index < -0.39 is 10.1 Å². The molecular weight excluding hydrogens is 640 g/mol. The molecule has 0 amide bonds. The van der Waals surface area contributed by atoms with Gasteiger partial charge in [0.15, 0.2) is 10.1 Å². The minimum Gasteiger partial charge on any atom is -0.334 e. The highest BCUT2D eigenvalue weighted by molar-refractivity contribution is 9.17. The number of fused-ring (bicyclic) bond motifs is 1. The van der Waals surface area contributed by atoms with E-state index in [4.69, 9.17) is 4.74 Å². The molecule has 1 aromatic carbocycles. The smallest absolute Gasteiger partial charge is 0.195 e. The molecule has 1 nitrogen and oxygen atoms in total. The van der Waals surface area contributed by atoms with Crippen molar-refractivity contribution >= 4 is 95.6 Å². The van der Waals surface area contributed by atoms with Crippen molar-refractivity contribution in [3.05, 3.63) is 52.2 Å². The molecule has 1 aliphatic heterocycles. The van der Waals surface area contributed by atoms with Gasteiger partial charge in [0.25, 0.3) is 0 Å². The van der Waals surface area contributed by atoms with E-state index in [0.29, 0.717) is 0 Å². The number of alkyl halides is 1. The Hall–Kier alpha value is 1.54. The summed E-state index contributed by atoms with van der Waals surface area (Å²) in [4.78, 5) is 0. The zero-order valence-corrected chi connectivity index (χ0v) is 18.5. The van der Waals surface area contributed by atoms with Crippen molar-refractivity contribution in [1.29, 1.82) is 0 Å². The Morgan fingerprint density at radius 2 is 1.42 bits per heavy atom. The Bertz CT molecular complexity index is 651. The van der Waals surface area contributed by atoms with Gasteiger partial charge in [-0.1, -0.05) is 66.0 Å². The monoisotopic (exact) mass is 638 g/mol. The van der Waals surface area contributed by atoms with E-state index in [1.54, 1.807) is 0 Å². The van der Waals surface area contributed by atoms with E-state index in [2.05, 4.69) is 95.6 Å². The average molecular weight is 644 g/mol. The largest absolute Gasteiger partial charge is 0.334 e. The van der Waals surface area contributed by atoms with Crippen LogP contribution in [-0.2, 0) is 10.3 Å². The van der Waals surface area contributed by atoms with Crippen LogP contribution in [0.2, 0.25) is 0 Å². The lowest BCUT2D eigenvalue weighted by atomic mass is 9.92. The number of hydrogen-bond donors (Lipinski definition) is 0. The molecule has 1 aliphatic carbocycles. The van der Waals surface area contributed by atoms with E-state index >= 15 is 0 Å². The van der Waals surface area contributed by atoms with Gasteiger partial charge >= 0.3 is 0 Å². The van der Waals surface area contributed by atoms with Crippen molar-refractivity contribution in [1.82, 2.24) is 0 Å². The highest BCUT2D eigenvalue weighted by atomic mass is 79.9. The number of benzene rings is 1. The maximum absolute atomic E-state index is 6.10. The van der Waals surface area contributed by atoms with Crippen LogP contribution in [0, 0.1) is 0 Å². The maximum atomic E-state index is 6.10. The SMILES string of the molecule is BrC1=C(Br)C2(Br)OC2(c2ccccc2Br)C(Br)=C1Br. The van der Waals surface area contributed by atoms with Crippen molar-refractivity contribution < 1.29 is 4.74 Å². The molecule has 0 bridgehead atoms. The Balaban J connectivity index is 2.28. The van der Waals surface area contributed by atoms with E-state index in [-0.39, 0.29) is 0 Å². The molecule has 1 saturated heterocycles. The molecule has 19 heavy (non-hydrogen) atoms. The molecule has 1 heterocycles. The van der Waals surface area contributed by atoms with Crippen LogP contribution in [0.4, 0.5) is 0 Å². The predicted octanol–water partition coefficient (Wildman–Crippen LogP) is 6.78. The molecule has 0 saturated carbocycles. The predicted molar refractivity (Wildman–Crippen MR) is 98.3 cm³/mol. The minimum atomic E-state index is -0.585. The fraction of sp³-hybridized carbons (Fsp3) is 0.167. The lowest BCUT2D eigenvalue weighted by molar-refractivity contribution is 0.337. The Labute approximate surface area is 161 Å². The lowest BCUT2D eigenvalue weighted by Gasteiger charge is -2.24. The quantitative estimate of drug-likeness (QED) is 0.243. The van der Waals surface area contributed by atoms with Gasteiger partial charge in [-0.2, -0.15) is 0 Å². The molecule has 2 aliphatic rings. The standard InChI is InChI=1S/C12H4Br6O/c13-6-4-2-1-3-5(6)11-9(16)7(14)8(15)10(17)12(11,18)19-11/h1-4H. The van der Waals surface area contributed by atoms with Crippen molar-refractivity contribution in [3.63, 3.8) is 0 Å². The fourth-order valence-corrected chi connectivity index (χ4v) is 6.92. The molecule has 0 aromatic heterocycles. The molecule has 0 N–H and O–H groups in total. The molecular formula is C12H4Br6O. The number of ether oxygens (including phenoxy) is 1. The van der Waals surface area contributed by atoms with Crippen LogP contribution in [0.3, 0.4) is 0 Å². The molecule has 2 atom stereocenters. The zero-order valence-electron chi connectivity index (χ0n) is 8.99. The molecule has 1 aromatic rings. The van der Waals surface area contributed by atoms with E-state index in [1.165, 1.54) is 0 Å². The second kappa shape index (κ2) is 5.03. The van der Waals surface area contributed by atoms with Crippen LogP contribution < -0.4 is 0 Å². The molecule has 1 fully saturated rings. The van der Waals surface area contributed by atoms with Gasteiger partial charge in [0.2, 0.25) is 0 Å². The molecule has 3 rings (SSSR count). The van der Waals surface area contributed by atoms with Gasteiger partial charge in [0.1, 0.15) is 0 Å². The molecule has 7 heteroatoms. The van der Waals surface area contributed by atoms with Gasteiger partial charge in [0.05, 0.1) is 8.96 Å². The van der Waals surface area contributed by atoms with Gasteiger partial charge in [-0.3, -0.25) is 0 Å². The Kier molecular flexibility index (Phi) is 4.09. The van der Waals surface area contributed by atoms with Gasteiger partial charge in [-0.05, 0) is 53.9 Å². The normalized spacial score (nSPS) is 33.6. The van der Waals surface area contributed by atoms with Crippen molar-refractivity contribution in [3.8, 4) is 0 Å². The maximum Gasteiger partial charge on any atom is 0.195 e. The van der Waals surface area contributed by atoms with E-state index in [9.17, 15) is 0 Å². The summed E-state index contributed by atoms with van der Waals surface area (Å²) in [5.74, 6) is 0. The third-order valence-electron chi connectivity index (χ3n) is 3.13. The summed E-state index contributed by atoms with van der Waals surface area (Å²) in [7, 11) is 0. The molecule has 0 radical (unpaired) electrons. The number of allylic oxidation sites excluding steroid dienone is 2. The second-order valence-corrected chi connectivity index (χ2v) is 9.26. The molecule has 100 valence electrons. The number of epoxide rings is 1. The number of halogens is 6. The first kappa shape index (κ1) is 15.4. The Morgan fingerprint density at radius 3 is 2.05 bits per heavy atom. The van der Waals surface area contributed by atoms with Gasteiger partial charge < -0.3 is 4.74 Å². The summed E-state index contributed by atoms with van der Waals surface area (Å²) in [6.45, 7) is 0. The number of rotatable bonds is 1. The summed E-state index contributed by atoms with van der Waals surface area (Å²) < 4.78 is 10.2. The summed E-state index contributed by atoms with van der Waals surface area (Å²) in [6, 6.07) is 8.04. The molecule has 0 spiro atoms. The highest BCUT2D eigenvalue weighted by Gasteiger charge is 2.76. The van der Waals surface area contributed by atoms with Gasteiger partial charge in [-0.15, -0.1) is 0 Å². The topological polar surface area (TPSA) is 12.5 Å². The summed E-state index contributed by atoms with van der Waals surface area (Å²) in [5, 5.41) is 0. The number of hydrogen-bond acceptors (Lipinski definition) is 1. The first-order valence-corrected chi connectivity index (χ1v) is 9.88. The fourth-order valence-electron chi connectivity index (χ4n) is 2.15. The third kappa shape index (κ3) is 1.95. The van der Waals surface area contributed by atoms with Crippen LogP contribution in [0.15, 0.2) is 46.7 Å². The average Bonchev–Trinajstić information content (AvgIpc) is 3.04. The lowest BCUT2D eigenvalue weighted by Crippen LogP contribution is -2.24. The summed E-state index contributed by atoms with van der Waals surface area (Å²) >= 11 is 21.7. The Morgan fingerprint density at radius 1 is 0.842 bits per heavy atom. The van der Waals surface area contributed by atoms with Crippen molar-refractivity contribution in [2.75, 3.05) is 0 Å². The van der Waals surface area contributed by atoms with Gasteiger partial charge in [-0.25, -0.2) is 0 Å². The van der Waals surface area contributed by atoms with Crippen molar-refractivity contribution in [2.24, 2.45) is 0 Å². The third-order valence-corrected chi connectivity index (χ3v) is 10.6. The second-order valence-electron chi connectivity index (χ2n) is 4.11. The van der Waals surface area contributed by atoms with Gasteiger partial charge in [0, 0.05) is 19.0 Å². The zero-order chi connectivity index (χ0) is 14.0.